The maximum absolute atomic E-state index is 11.1. The van der Waals surface area contributed by atoms with Gasteiger partial charge in [-0.25, -0.2) is 4.79 Å². The SMILES string of the molecule is COc1ccn(-c2ccccc2)c1C(=O)O. The molecule has 0 fully saturated rings. The largest absolute Gasteiger partial charge is 0.494 e. The van der Waals surface area contributed by atoms with Crippen molar-refractivity contribution in [1.29, 1.82) is 0 Å². The van der Waals surface area contributed by atoms with E-state index in [1.54, 1.807) is 16.8 Å². The average molecular weight is 217 g/mol. The predicted octanol–water partition coefficient (Wildman–Crippen LogP) is 2.18. The zero-order valence-electron chi connectivity index (χ0n) is 8.75. The van der Waals surface area contributed by atoms with Gasteiger partial charge in [-0.15, -0.1) is 0 Å². The molecule has 1 aromatic carbocycles. The van der Waals surface area contributed by atoms with E-state index in [1.165, 1.54) is 7.11 Å². The van der Waals surface area contributed by atoms with Gasteiger partial charge in [0.05, 0.1) is 7.11 Å². The van der Waals surface area contributed by atoms with Crippen LogP contribution in [0.2, 0.25) is 0 Å². The number of carbonyl (C=O) groups is 1. The van der Waals surface area contributed by atoms with Crippen LogP contribution in [0.4, 0.5) is 0 Å². The van der Waals surface area contributed by atoms with Crippen molar-refractivity contribution in [2.75, 3.05) is 7.11 Å². The first kappa shape index (κ1) is 10.3. The van der Waals surface area contributed by atoms with E-state index < -0.39 is 5.97 Å². The van der Waals surface area contributed by atoms with Crippen LogP contribution in [0.3, 0.4) is 0 Å². The number of benzene rings is 1. The molecule has 2 aromatic rings. The Bertz CT molecular complexity index is 502. The second-order valence-corrected chi connectivity index (χ2v) is 3.24. The van der Waals surface area contributed by atoms with Crippen LogP contribution < -0.4 is 4.74 Å². The van der Waals surface area contributed by atoms with E-state index >= 15 is 0 Å². The number of para-hydroxylation sites is 1. The van der Waals surface area contributed by atoms with Crippen molar-refractivity contribution in [2.24, 2.45) is 0 Å². The van der Waals surface area contributed by atoms with Crippen LogP contribution in [-0.4, -0.2) is 22.8 Å². The van der Waals surface area contributed by atoms with Crippen molar-refractivity contribution < 1.29 is 14.6 Å². The van der Waals surface area contributed by atoms with Crippen molar-refractivity contribution in [3.05, 3.63) is 48.3 Å². The van der Waals surface area contributed by atoms with Crippen LogP contribution in [0, 0.1) is 0 Å². The molecule has 0 bridgehead atoms. The molecule has 0 aliphatic heterocycles. The van der Waals surface area contributed by atoms with Gasteiger partial charge in [0, 0.05) is 11.9 Å². The molecule has 1 aromatic heterocycles. The molecule has 0 spiro atoms. The predicted molar refractivity (Wildman–Crippen MR) is 59.3 cm³/mol. The molecule has 0 aliphatic carbocycles. The Hall–Kier alpha value is -2.23. The summed E-state index contributed by atoms with van der Waals surface area (Å²) in [7, 11) is 1.46. The molecule has 0 unspecified atom stereocenters. The monoisotopic (exact) mass is 217 g/mol. The number of rotatable bonds is 3. The third kappa shape index (κ3) is 1.65. The lowest BCUT2D eigenvalue weighted by atomic mass is 10.3. The molecule has 1 N–H and O–H groups in total. The highest BCUT2D eigenvalue weighted by atomic mass is 16.5. The molecule has 1 heterocycles. The molecule has 0 amide bonds. The molecular weight excluding hydrogens is 206 g/mol. The summed E-state index contributed by atoms with van der Waals surface area (Å²) in [5.74, 6) is -0.651. The van der Waals surface area contributed by atoms with E-state index in [0.29, 0.717) is 5.75 Å². The Labute approximate surface area is 92.7 Å². The summed E-state index contributed by atoms with van der Waals surface area (Å²) in [6.07, 6.45) is 1.68. The van der Waals surface area contributed by atoms with Gasteiger partial charge in [0.1, 0.15) is 0 Å². The molecule has 82 valence electrons. The van der Waals surface area contributed by atoms with E-state index in [-0.39, 0.29) is 5.69 Å². The lowest BCUT2D eigenvalue weighted by Gasteiger charge is -2.06. The van der Waals surface area contributed by atoms with Gasteiger partial charge < -0.3 is 14.4 Å². The van der Waals surface area contributed by atoms with Gasteiger partial charge in [0.2, 0.25) is 0 Å². The Balaban J connectivity index is 2.58. The van der Waals surface area contributed by atoms with Gasteiger partial charge in [-0.3, -0.25) is 0 Å². The standard InChI is InChI=1S/C12H11NO3/c1-16-10-7-8-13(11(10)12(14)15)9-5-3-2-4-6-9/h2-8H,1H3,(H,14,15). The minimum absolute atomic E-state index is 0.133. The van der Waals surface area contributed by atoms with E-state index in [2.05, 4.69) is 0 Å². The number of aromatic carboxylic acids is 1. The maximum Gasteiger partial charge on any atom is 0.356 e. The van der Waals surface area contributed by atoms with E-state index in [4.69, 9.17) is 9.84 Å². The first-order chi connectivity index (χ1) is 7.74. The maximum atomic E-state index is 11.1. The Morgan fingerprint density at radius 2 is 1.94 bits per heavy atom. The summed E-state index contributed by atoms with van der Waals surface area (Å²) in [5, 5.41) is 9.13. The molecule has 2 rings (SSSR count). The first-order valence-corrected chi connectivity index (χ1v) is 4.78. The molecule has 16 heavy (non-hydrogen) atoms. The molecular formula is C12H11NO3. The number of hydrogen-bond acceptors (Lipinski definition) is 2. The minimum Gasteiger partial charge on any atom is -0.494 e. The van der Waals surface area contributed by atoms with Crippen LogP contribution in [0.15, 0.2) is 42.6 Å². The zero-order valence-corrected chi connectivity index (χ0v) is 8.75. The minimum atomic E-state index is -1.01. The van der Waals surface area contributed by atoms with Gasteiger partial charge in [0.25, 0.3) is 0 Å². The van der Waals surface area contributed by atoms with Gasteiger partial charge in [-0.05, 0) is 18.2 Å². The fourth-order valence-corrected chi connectivity index (χ4v) is 1.59. The molecule has 0 aliphatic rings. The summed E-state index contributed by atoms with van der Waals surface area (Å²) in [6.45, 7) is 0. The van der Waals surface area contributed by atoms with E-state index in [1.807, 2.05) is 30.3 Å². The van der Waals surface area contributed by atoms with Crippen molar-refractivity contribution >= 4 is 5.97 Å². The molecule has 0 radical (unpaired) electrons. The van der Waals surface area contributed by atoms with Crippen LogP contribution in [0.5, 0.6) is 5.75 Å². The number of aromatic nitrogens is 1. The summed E-state index contributed by atoms with van der Waals surface area (Å²) in [6, 6.07) is 10.9. The van der Waals surface area contributed by atoms with Crippen LogP contribution >= 0.6 is 0 Å². The summed E-state index contributed by atoms with van der Waals surface area (Å²) >= 11 is 0. The van der Waals surface area contributed by atoms with E-state index in [9.17, 15) is 4.79 Å². The molecule has 4 heteroatoms. The lowest BCUT2D eigenvalue weighted by molar-refractivity contribution is 0.0684. The second kappa shape index (κ2) is 4.10. The highest BCUT2D eigenvalue weighted by Crippen LogP contribution is 2.23. The normalized spacial score (nSPS) is 10.1. The number of carboxylic acid groups (broad SMARTS) is 1. The smallest absolute Gasteiger partial charge is 0.356 e. The van der Waals surface area contributed by atoms with Crippen LogP contribution in [-0.2, 0) is 0 Å². The number of nitrogens with zero attached hydrogens (tertiary/aromatic N) is 1. The van der Waals surface area contributed by atoms with Gasteiger partial charge in [-0.2, -0.15) is 0 Å². The van der Waals surface area contributed by atoms with Gasteiger partial charge >= 0.3 is 5.97 Å². The second-order valence-electron chi connectivity index (χ2n) is 3.24. The molecule has 4 nitrogen and oxygen atoms in total. The topological polar surface area (TPSA) is 51.5 Å². The molecule has 0 saturated carbocycles. The van der Waals surface area contributed by atoms with Gasteiger partial charge in [0.15, 0.2) is 11.4 Å². The highest BCUT2D eigenvalue weighted by Gasteiger charge is 2.17. The number of ether oxygens (including phenoxy) is 1. The average Bonchev–Trinajstić information content (AvgIpc) is 2.73. The Morgan fingerprint density at radius 1 is 1.25 bits per heavy atom. The number of methoxy groups -OCH3 is 1. The van der Waals surface area contributed by atoms with Crippen LogP contribution in [0.25, 0.3) is 5.69 Å². The third-order valence-corrected chi connectivity index (χ3v) is 2.31. The van der Waals surface area contributed by atoms with Crippen LogP contribution in [0.1, 0.15) is 10.5 Å². The zero-order chi connectivity index (χ0) is 11.5. The Morgan fingerprint density at radius 3 is 2.50 bits per heavy atom. The fraction of sp³-hybridized carbons (Fsp3) is 0.0833. The van der Waals surface area contributed by atoms with Crippen molar-refractivity contribution in [1.82, 2.24) is 4.57 Å². The summed E-state index contributed by atoms with van der Waals surface area (Å²) in [4.78, 5) is 11.1. The first-order valence-electron chi connectivity index (χ1n) is 4.78. The van der Waals surface area contributed by atoms with Gasteiger partial charge in [-0.1, -0.05) is 18.2 Å². The number of hydrogen-bond donors (Lipinski definition) is 1. The summed E-state index contributed by atoms with van der Waals surface area (Å²) < 4.78 is 6.59. The summed E-state index contributed by atoms with van der Waals surface area (Å²) in [5.41, 5.74) is 0.928. The quantitative estimate of drug-likeness (QED) is 0.857. The Kier molecular flexibility index (Phi) is 2.64. The number of carboxylic acids is 1. The third-order valence-electron chi connectivity index (χ3n) is 2.31. The highest BCUT2D eigenvalue weighted by molar-refractivity contribution is 5.90. The fourth-order valence-electron chi connectivity index (χ4n) is 1.59. The van der Waals surface area contributed by atoms with E-state index in [0.717, 1.165) is 5.69 Å². The molecule has 0 saturated heterocycles. The van der Waals surface area contributed by atoms with Crippen molar-refractivity contribution in [3.8, 4) is 11.4 Å². The molecule has 0 atom stereocenters. The van der Waals surface area contributed by atoms with Crippen molar-refractivity contribution in [2.45, 2.75) is 0 Å². The lowest BCUT2D eigenvalue weighted by Crippen LogP contribution is -2.07. The van der Waals surface area contributed by atoms with Crippen molar-refractivity contribution in [3.63, 3.8) is 0 Å².